The average Bonchev–Trinajstić information content (AvgIpc) is 3.15. The van der Waals surface area contributed by atoms with Crippen molar-refractivity contribution in [2.75, 3.05) is 13.1 Å². The second-order valence-corrected chi connectivity index (χ2v) is 8.88. The Morgan fingerprint density at radius 2 is 1.76 bits per heavy atom. The number of rotatable bonds is 6. The van der Waals surface area contributed by atoms with Gasteiger partial charge in [-0.15, -0.1) is 0 Å². The third-order valence-corrected chi connectivity index (χ3v) is 7.07. The summed E-state index contributed by atoms with van der Waals surface area (Å²) in [6.07, 6.45) is 6.72. The number of carboxylic acid groups (broad SMARTS) is 1. The van der Waals surface area contributed by atoms with Gasteiger partial charge in [-0.05, 0) is 49.7 Å². The zero-order valence-corrected chi connectivity index (χ0v) is 17.8. The molecule has 1 saturated heterocycles. The maximum Gasteiger partial charge on any atom is 0.303 e. The van der Waals surface area contributed by atoms with Crippen LogP contribution in [-0.4, -0.2) is 46.9 Å². The lowest BCUT2D eigenvalue weighted by Crippen LogP contribution is -2.52. The van der Waals surface area contributed by atoms with Crippen molar-refractivity contribution in [2.45, 2.75) is 57.4 Å². The number of halogens is 2. The summed E-state index contributed by atoms with van der Waals surface area (Å²) >= 11 is 12.1. The van der Waals surface area contributed by atoms with E-state index < -0.39 is 17.9 Å². The number of hydrogen-bond acceptors (Lipinski definition) is 3. The Bertz CT molecular complexity index is 783. The van der Waals surface area contributed by atoms with E-state index in [1.165, 1.54) is 31.7 Å². The van der Waals surface area contributed by atoms with Gasteiger partial charge in [-0.25, -0.2) is 0 Å². The van der Waals surface area contributed by atoms with Crippen LogP contribution >= 0.6 is 23.2 Å². The number of nitrogens with zero attached hydrogens (tertiary/aromatic N) is 1. The van der Waals surface area contributed by atoms with Crippen LogP contribution in [0.25, 0.3) is 0 Å². The molecule has 1 saturated carbocycles. The van der Waals surface area contributed by atoms with Crippen molar-refractivity contribution in [3.63, 3.8) is 0 Å². The number of likely N-dealkylation sites (tertiary alicyclic amines) is 1. The maximum absolute atomic E-state index is 13.1. The molecule has 2 amide bonds. The molecule has 3 rings (SSSR count). The lowest BCUT2D eigenvalue weighted by atomic mass is 9.77. The van der Waals surface area contributed by atoms with E-state index in [1.54, 1.807) is 17.0 Å². The highest BCUT2D eigenvalue weighted by atomic mass is 35.5. The molecule has 158 valence electrons. The second-order valence-electron chi connectivity index (χ2n) is 8.09. The lowest BCUT2D eigenvalue weighted by Gasteiger charge is -2.40. The number of amides is 2. The topological polar surface area (TPSA) is 86.7 Å². The fraction of sp³-hybridized carbons (Fsp3) is 0.571. The molecule has 1 atom stereocenters. The van der Waals surface area contributed by atoms with Crippen LogP contribution in [0.3, 0.4) is 0 Å². The Balaban J connectivity index is 1.69. The van der Waals surface area contributed by atoms with E-state index in [2.05, 4.69) is 5.32 Å². The van der Waals surface area contributed by atoms with E-state index in [1.807, 2.05) is 0 Å². The van der Waals surface area contributed by atoms with E-state index in [0.717, 1.165) is 12.8 Å². The van der Waals surface area contributed by atoms with Gasteiger partial charge in [0.2, 0.25) is 5.91 Å². The fourth-order valence-electron chi connectivity index (χ4n) is 4.49. The van der Waals surface area contributed by atoms with E-state index in [9.17, 15) is 14.4 Å². The van der Waals surface area contributed by atoms with Gasteiger partial charge in [-0.2, -0.15) is 0 Å². The summed E-state index contributed by atoms with van der Waals surface area (Å²) in [7, 11) is 0. The summed E-state index contributed by atoms with van der Waals surface area (Å²) in [5, 5.41) is 12.1. The number of carbonyl (C=O) groups is 3. The molecule has 1 spiro atoms. The van der Waals surface area contributed by atoms with Crippen molar-refractivity contribution >= 4 is 41.0 Å². The van der Waals surface area contributed by atoms with Crippen molar-refractivity contribution in [1.29, 1.82) is 0 Å². The van der Waals surface area contributed by atoms with Crippen molar-refractivity contribution in [3.05, 3.63) is 33.8 Å². The van der Waals surface area contributed by atoms with Gasteiger partial charge in [0.25, 0.3) is 5.91 Å². The lowest BCUT2D eigenvalue weighted by molar-refractivity contribution is -0.138. The predicted octanol–water partition coefficient (Wildman–Crippen LogP) is 4.14. The van der Waals surface area contributed by atoms with Crippen molar-refractivity contribution in [3.8, 4) is 0 Å². The molecule has 1 aliphatic carbocycles. The van der Waals surface area contributed by atoms with Gasteiger partial charge in [-0.1, -0.05) is 42.1 Å². The maximum atomic E-state index is 13.1. The van der Waals surface area contributed by atoms with E-state index in [4.69, 9.17) is 28.3 Å². The molecule has 2 N–H and O–H groups in total. The van der Waals surface area contributed by atoms with Crippen molar-refractivity contribution in [1.82, 2.24) is 10.2 Å². The Kier molecular flexibility index (Phi) is 7.06. The largest absolute Gasteiger partial charge is 0.481 e. The summed E-state index contributed by atoms with van der Waals surface area (Å²) < 4.78 is 0. The molecule has 2 fully saturated rings. The zero-order chi connectivity index (χ0) is 21.0. The summed E-state index contributed by atoms with van der Waals surface area (Å²) in [5.41, 5.74) is 0.529. The molecule has 29 heavy (non-hydrogen) atoms. The van der Waals surface area contributed by atoms with Crippen LogP contribution in [-0.2, 0) is 9.59 Å². The second kappa shape index (κ2) is 9.35. The fourth-order valence-corrected chi connectivity index (χ4v) is 4.87. The number of benzene rings is 1. The smallest absolute Gasteiger partial charge is 0.303 e. The minimum Gasteiger partial charge on any atom is -0.481 e. The molecular formula is C21H26Cl2N2O4. The standard InChI is InChI=1S/C21H26Cl2N2O4/c22-15-5-3-4-14(18(15)23)19(28)24-16(6-7-17(26)27)20(29)25-12-10-21(11-13-25)8-1-2-9-21/h3-5,16H,1-2,6-13H2,(H,24,28)(H,26,27)/t16-/m1/s1. The molecule has 6 nitrogen and oxygen atoms in total. The van der Waals surface area contributed by atoms with Gasteiger partial charge < -0.3 is 15.3 Å². The molecular weight excluding hydrogens is 415 g/mol. The number of carboxylic acids is 1. The number of piperidine rings is 1. The molecule has 0 bridgehead atoms. The number of hydrogen-bond donors (Lipinski definition) is 2. The Hall–Kier alpha value is -1.79. The minimum absolute atomic E-state index is 0.0275. The van der Waals surface area contributed by atoms with Gasteiger partial charge in [0.15, 0.2) is 0 Å². The van der Waals surface area contributed by atoms with Crippen LogP contribution in [0.2, 0.25) is 10.0 Å². The molecule has 0 aromatic heterocycles. The summed E-state index contributed by atoms with van der Waals surface area (Å²) in [6.45, 7) is 1.30. The van der Waals surface area contributed by atoms with Crippen molar-refractivity contribution in [2.24, 2.45) is 5.41 Å². The van der Waals surface area contributed by atoms with Gasteiger partial charge in [0, 0.05) is 19.5 Å². The predicted molar refractivity (Wildman–Crippen MR) is 111 cm³/mol. The summed E-state index contributed by atoms with van der Waals surface area (Å²) in [5.74, 6) is -1.78. The molecule has 2 aliphatic rings. The van der Waals surface area contributed by atoms with Crippen LogP contribution in [0.15, 0.2) is 18.2 Å². The SMILES string of the molecule is O=C(O)CC[C@@H](NC(=O)c1cccc(Cl)c1Cl)C(=O)N1CCC2(CCCC2)CC1. The Morgan fingerprint density at radius 3 is 2.38 bits per heavy atom. The van der Waals surface area contributed by atoms with E-state index in [0.29, 0.717) is 18.5 Å². The van der Waals surface area contributed by atoms with Crippen LogP contribution in [0.1, 0.15) is 61.7 Å². The van der Waals surface area contributed by atoms with Gasteiger partial charge >= 0.3 is 5.97 Å². The van der Waals surface area contributed by atoms with E-state index >= 15 is 0 Å². The quantitative estimate of drug-likeness (QED) is 0.695. The first-order chi connectivity index (χ1) is 13.8. The van der Waals surface area contributed by atoms with Crippen molar-refractivity contribution < 1.29 is 19.5 Å². The first-order valence-electron chi connectivity index (χ1n) is 10.1. The molecule has 1 heterocycles. The summed E-state index contributed by atoms with van der Waals surface area (Å²) in [4.78, 5) is 38.6. The van der Waals surface area contributed by atoms with Crippen LogP contribution in [0, 0.1) is 5.41 Å². The molecule has 1 aliphatic heterocycles. The third-order valence-electron chi connectivity index (χ3n) is 6.25. The van der Waals surface area contributed by atoms with Gasteiger partial charge in [0.1, 0.15) is 6.04 Å². The third kappa shape index (κ3) is 5.23. The molecule has 8 heteroatoms. The van der Waals surface area contributed by atoms with Crippen LogP contribution in [0.4, 0.5) is 0 Å². The first kappa shape index (κ1) is 21.9. The average molecular weight is 441 g/mol. The normalized spacial score (nSPS) is 19.2. The number of carbonyl (C=O) groups excluding carboxylic acids is 2. The highest BCUT2D eigenvalue weighted by Crippen LogP contribution is 2.46. The highest BCUT2D eigenvalue weighted by molar-refractivity contribution is 6.43. The van der Waals surface area contributed by atoms with Crippen LogP contribution in [0.5, 0.6) is 0 Å². The molecule has 0 radical (unpaired) electrons. The van der Waals surface area contributed by atoms with Gasteiger partial charge in [-0.3, -0.25) is 14.4 Å². The number of nitrogens with one attached hydrogen (secondary N) is 1. The molecule has 1 aromatic carbocycles. The highest BCUT2D eigenvalue weighted by Gasteiger charge is 2.39. The Labute approximate surface area is 180 Å². The molecule has 0 unspecified atom stereocenters. The molecule has 1 aromatic rings. The van der Waals surface area contributed by atoms with E-state index in [-0.39, 0.29) is 34.4 Å². The Morgan fingerprint density at radius 1 is 1.10 bits per heavy atom. The first-order valence-corrected chi connectivity index (χ1v) is 10.8. The summed E-state index contributed by atoms with van der Waals surface area (Å²) in [6, 6.07) is 3.78. The monoisotopic (exact) mass is 440 g/mol. The minimum atomic E-state index is -1.01. The zero-order valence-electron chi connectivity index (χ0n) is 16.3. The van der Waals surface area contributed by atoms with Crippen LogP contribution < -0.4 is 5.32 Å². The van der Waals surface area contributed by atoms with Gasteiger partial charge in [0.05, 0.1) is 15.6 Å². The number of aliphatic carboxylic acids is 1.